The second kappa shape index (κ2) is 25.2. The third-order valence-electron chi connectivity index (χ3n) is 12.9. The molecule has 0 aliphatic carbocycles. The molecule has 0 radical (unpaired) electrons. The van der Waals surface area contributed by atoms with Crippen molar-refractivity contribution in [1.29, 1.82) is 0 Å². The van der Waals surface area contributed by atoms with Gasteiger partial charge in [0.1, 0.15) is 41.6 Å². The van der Waals surface area contributed by atoms with Gasteiger partial charge in [0, 0.05) is 78.9 Å². The largest absolute Gasteiger partial charge is 0.504 e. The molecule has 8 rings (SSSR count). The van der Waals surface area contributed by atoms with Crippen molar-refractivity contribution in [1.82, 2.24) is 30.2 Å². The Labute approximate surface area is 452 Å². The van der Waals surface area contributed by atoms with Gasteiger partial charge < -0.3 is 82.4 Å². The van der Waals surface area contributed by atoms with Gasteiger partial charge in [-0.2, -0.15) is 0 Å². The molecule has 6 aromatic rings. The molecule has 3 amide bonds. The maximum Gasteiger partial charge on any atom is 0.501 e. The number of anilines is 1. The number of carbonyl (C=O) groups excluding carboxylic acids is 3. The van der Waals surface area contributed by atoms with Crippen LogP contribution in [-0.4, -0.2) is 180 Å². The first-order valence-corrected chi connectivity index (χ1v) is 26.7. The lowest BCUT2D eigenvalue weighted by Gasteiger charge is -2.39. The Morgan fingerprint density at radius 1 is 0.923 bits per heavy atom. The molecule has 6 atom stereocenters. The number of phenolic OH excluding ortho intramolecular Hbond substituents is 1. The number of hydrogen-bond acceptors (Lipinski definition) is 20. The van der Waals surface area contributed by atoms with Crippen molar-refractivity contribution >= 4 is 67.1 Å². The number of aromatic nitrogens is 4. The molecule has 78 heavy (non-hydrogen) atoms. The number of rotatable bonds is 25. The van der Waals surface area contributed by atoms with E-state index in [1.807, 2.05) is 0 Å². The Morgan fingerprint density at radius 2 is 1.72 bits per heavy atom. The van der Waals surface area contributed by atoms with Crippen LogP contribution in [0.1, 0.15) is 58.3 Å². The third kappa shape index (κ3) is 12.9. The number of fused-ring (bicyclic) bond motifs is 4. The van der Waals surface area contributed by atoms with E-state index in [4.69, 9.17) is 48.4 Å². The first-order chi connectivity index (χ1) is 37.4. The Bertz CT molecular complexity index is 3230. The molecule has 0 bridgehead atoms. The maximum atomic E-state index is 14.5. The number of nitrogens with zero attached hydrogens (tertiary/aromatic N) is 5. The molecule has 420 valence electrons. The SMILES string of the molecule is CCOc1cc2cc(C(=O)N3C[C@@H](CCl)c4c3cc(OS(=O)(=O)Oc3cc(C(=O)N(C)CCOCCn5cc(COCCNC(=O)CC)nn5)ccc3O[C@@H]3O[C@H](CO)[C@H](O)[C@H](O)C3O)c3ccc(OC)cc43)[nH]c2cc1O. The summed E-state index contributed by atoms with van der Waals surface area (Å²) >= 11 is 6.57. The van der Waals surface area contributed by atoms with Crippen molar-refractivity contribution in [2.75, 3.05) is 77.6 Å². The number of aliphatic hydroxyl groups is 4. The Balaban J connectivity index is 1.03. The number of hydrogen-bond donors (Lipinski definition) is 7. The van der Waals surface area contributed by atoms with E-state index in [9.17, 15) is 48.3 Å². The number of benzene rings is 4. The van der Waals surface area contributed by atoms with Gasteiger partial charge in [-0.05, 0) is 66.4 Å². The van der Waals surface area contributed by atoms with E-state index in [-0.39, 0.29) is 84.3 Å². The molecule has 1 unspecified atom stereocenters. The monoisotopic (exact) mass is 1130 g/mol. The lowest BCUT2D eigenvalue weighted by atomic mass is 9.95. The van der Waals surface area contributed by atoms with E-state index in [1.165, 1.54) is 42.2 Å². The summed E-state index contributed by atoms with van der Waals surface area (Å²) in [5, 5.41) is 64.3. The van der Waals surface area contributed by atoms with E-state index in [0.29, 0.717) is 66.0 Å². The number of likely N-dealkylation sites (N-methyl/N-ethyl adjacent to an activating group) is 1. The van der Waals surface area contributed by atoms with Gasteiger partial charge in [-0.1, -0.05) is 12.1 Å². The Morgan fingerprint density at radius 3 is 2.46 bits per heavy atom. The number of ether oxygens (including phenoxy) is 6. The predicted octanol–water partition coefficient (Wildman–Crippen LogP) is 2.72. The van der Waals surface area contributed by atoms with Gasteiger partial charge in [0.2, 0.25) is 12.2 Å². The van der Waals surface area contributed by atoms with E-state index in [1.54, 1.807) is 55.1 Å². The van der Waals surface area contributed by atoms with Crippen LogP contribution in [0.5, 0.6) is 34.5 Å². The average molecular weight is 1130 g/mol. The molecule has 2 aliphatic rings. The molecule has 1 fully saturated rings. The molecule has 4 aromatic carbocycles. The molecule has 2 aliphatic heterocycles. The minimum Gasteiger partial charge on any atom is -0.504 e. The zero-order chi connectivity index (χ0) is 55.8. The summed E-state index contributed by atoms with van der Waals surface area (Å²) in [5.41, 5.74) is 1.91. The van der Waals surface area contributed by atoms with Crippen LogP contribution >= 0.6 is 11.6 Å². The average Bonchev–Trinajstić information content (AvgIpc) is 4.33. The number of halogens is 1. The molecule has 7 N–H and O–H groups in total. The third-order valence-corrected chi connectivity index (χ3v) is 14.0. The Kier molecular flexibility index (Phi) is 18.5. The number of H-pyrrole nitrogens is 1. The minimum absolute atomic E-state index is 0.0595. The topological polar surface area (TPSA) is 325 Å². The lowest BCUT2D eigenvalue weighted by molar-refractivity contribution is -0.277. The van der Waals surface area contributed by atoms with Crippen LogP contribution in [0.15, 0.2) is 66.9 Å². The summed E-state index contributed by atoms with van der Waals surface area (Å²) in [5.74, 6) is -2.50. The highest BCUT2D eigenvalue weighted by atomic mass is 35.5. The highest BCUT2D eigenvalue weighted by molar-refractivity contribution is 7.82. The fourth-order valence-electron chi connectivity index (χ4n) is 8.83. The molecular weight excluding hydrogens is 1070 g/mol. The number of aromatic amines is 1. The quantitative estimate of drug-likeness (QED) is 0.0320. The number of methoxy groups -OCH3 is 1. The van der Waals surface area contributed by atoms with Crippen LogP contribution in [-0.2, 0) is 42.6 Å². The molecule has 0 saturated carbocycles. The lowest BCUT2D eigenvalue weighted by Crippen LogP contribution is -2.60. The number of aromatic hydroxyl groups is 1. The van der Waals surface area contributed by atoms with Crippen LogP contribution in [0.3, 0.4) is 0 Å². The Hall–Kier alpha value is -7.01. The number of aliphatic hydroxyl groups excluding tert-OH is 4. The summed E-state index contributed by atoms with van der Waals surface area (Å²) in [6.07, 6.45) is -6.66. The summed E-state index contributed by atoms with van der Waals surface area (Å²) in [6.45, 7) is 4.66. The van der Waals surface area contributed by atoms with Crippen molar-refractivity contribution in [3.05, 3.63) is 89.4 Å². The van der Waals surface area contributed by atoms with E-state index in [2.05, 4.69) is 20.6 Å². The van der Waals surface area contributed by atoms with Gasteiger partial charge in [-0.3, -0.25) is 14.4 Å². The van der Waals surface area contributed by atoms with Gasteiger partial charge in [0.25, 0.3) is 11.8 Å². The van der Waals surface area contributed by atoms with E-state index >= 15 is 0 Å². The van der Waals surface area contributed by atoms with Gasteiger partial charge in [-0.25, -0.2) is 4.68 Å². The zero-order valence-corrected chi connectivity index (χ0v) is 44.4. The highest BCUT2D eigenvalue weighted by Crippen LogP contribution is 2.48. The molecule has 1 saturated heterocycles. The van der Waals surface area contributed by atoms with E-state index in [0.717, 1.165) is 12.1 Å². The number of amides is 3. The first-order valence-electron chi connectivity index (χ1n) is 24.8. The molecule has 0 spiro atoms. The summed E-state index contributed by atoms with van der Waals surface area (Å²) < 4.78 is 75.3. The van der Waals surface area contributed by atoms with E-state index < -0.39 is 76.9 Å². The second-order valence-corrected chi connectivity index (χ2v) is 19.6. The highest BCUT2D eigenvalue weighted by Gasteiger charge is 2.45. The summed E-state index contributed by atoms with van der Waals surface area (Å²) in [4.78, 5) is 45.6. The van der Waals surface area contributed by atoms with Crippen LogP contribution in [0.4, 0.5) is 5.69 Å². The van der Waals surface area contributed by atoms with Gasteiger partial charge in [0.05, 0.1) is 65.2 Å². The summed E-state index contributed by atoms with van der Waals surface area (Å²) in [6, 6.07) is 14.3. The molecule has 2 aromatic heterocycles. The number of nitrogens with one attached hydrogen (secondary N) is 2. The van der Waals surface area contributed by atoms with Crippen molar-refractivity contribution in [3.8, 4) is 34.5 Å². The van der Waals surface area contributed by atoms with Crippen molar-refractivity contribution < 1.29 is 85.1 Å². The van der Waals surface area contributed by atoms with Gasteiger partial charge >= 0.3 is 10.4 Å². The van der Waals surface area contributed by atoms with Crippen LogP contribution in [0.2, 0.25) is 0 Å². The van der Waals surface area contributed by atoms with Gasteiger partial charge in [-0.15, -0.1) is 25.1 Å². The number of alkyl halides is 1. The van der Waals surface area contributed by atoms with Crippen molar-refractivity contribution in [3.63, 3.8) is 0 Å². The first kappa shape index (κ1) is 57.2. The van der Waals surface area contributed by atoms with Gasteiger partial charge in [0.15, 0.2) is 28.7 Å². The molecular formula is C51H60ClN7O18S. The number of phenols is 1. The van der Waals surface area contributed by atoms with Crippen LogP contribution in [0.25, 0.3) is 21.7 Å². The standard InChI is InChI=1S/C51H60ClN7O18S/c1-5-44(62)53-11-14-72-27-31-25-58(56-55-31)13-16-71-15-12-57(3)49(66)28-7-10-39(74-51-48(65)47(64)46(63)43(26-60)75-51)42(18-28)77-78(68,69)76-40-22-37-45(34-20-32(70-4)8-9-33(34)40)30(23-52)24-59(37)50(67)36-17-29-19-41(73-6-2)38(61)21-35(29)54-36/h7-10,17-22,25,30,43,46-48,51,54,60-61,63-65H,5-6,11-16,23-24,26-27H2,1-4H3,(H,53,62)/t30-,43-,46+,47+,48?,51-/m1/s1. The fourth-order valence-corrected chi connectivity index (χ4v) is 9.82. The van der Waals surface area contributed by atoms with Crippen molar-refractivity contribution in [2.24, 2.45) is 0 Å². The van der Waals surface area contributed by atoms with Crippen LogP contribution in [0, 0.1) is 0 Å². The normalized spacial score (nSPS) is 19.2. The van der Waals surface area contributed by atoms with Crippen LogP contribution < -0.4 is 32.8 Å². The van der Waals surface area contributed by atoms with Crippen molar-refractivity contribution in [2.45, 2.75) is 70.0 Å². The predicted molar refractivity (Wildman–Crippen MR) is 279 cm³/mol. The fraction of sp³-hybridized carbons (Fsp3) is 0.431. The zero-order valence-electron chi connectivity index (χ0n) is 42.9. The number of carbonyl (C=O) groups is 3. The molecule has 4 heterocycles. The molecule has 27 heteroatoms. The smallest absolute Gasteiger partial charge is 0.501 e. The second-order valence-electron chi connectivity index (χ2n) is 18.1. The molecule has 25 nitrogen and oxygen atoms in total. The maximum absolute atomic E-state index is 14.5. The summed E-state index contributed by atoms with van der Waals surface area (Å²) in [7, 11) is -2.34. The minimum atomic E-state index is -5.27.